The van der Waals surface area contributed by atoms with Gasteiger partial charge in [-0.3, -0.25) is 29.8 Å². The summed E-state index contributed by atoms with van der Waals surface area (Å²) in [7, 11) is 4.23. The standard InChI is InChI=1S/C33H48N6O16S4/c1-17(42)54-23(13-40)28(44)22(43)12-36-31(47)18(15-56-58-25-8-4-2-6-20(25)38(50)51)34-10-11-35-19(16-57-59-26-9-5-3-7-21(26)39(52)53)32(48)37-27-30(46)29(45)24(14-41)55-33(27)49/h2-9,17-19,22-24,27-30,33-35,40-46,49H,10-16H2,1H3,(H,36,47)(H,37,48)/t17?,18?,19-,22+,23+,24+,27?,28-,29+,30+,33?/m0/s1. The Balaban J connectivity index is 1.72. The second-order valence-electron chi connectivity index (χ2n) is 12.7. The van der Waals surface area contributed by atoms with E-state index in [0.717, 1.165) is 43.2 Å². The van der Waals surface area contributed by atoms with Crippen molar-refractivity contribution in [1.29, 1.82) is 0 Å². The molecule has 1 saturated heterocycles. The van der Waals surface area contributed by atoms with Crippen LogP contribution in [0.3, 0.4) is 0 Å². The highest BCUT2D eigenvalue weighted by Crippen LogP contribution is 2.38. The Bertz CT molecular complexity index is 1660. The molecule has 0 aromatic heterocycles. The first kappa shape index (κ1) is 50.5. The molecule has 1 fully saturated rings. The molecule has 0 saturated carbocycles. The SMILES string of the molecule is CC(O)O[C@H](CO)[C@@H](O)[C@H](O)CNC(=O)C(CSSc1ccccc1[N+](=O)[O-])NCCN[C@@H](CSSc1ccccc1[N+](=O)[O-])C(=O)NC1C(O)O[C@H](CO)[C@@H](O)[C@@H]1O. The molecule has 0 spiro atoms. The molecule has 2 aromatic rings. The zero-order valence-electron chi connectivity index (χ0n) is 31.3. The van der Waals surface area contributed by atoms with Crippen molar-refractivity contribution >= 4 is 66.4 Å². The molecule has 1 aliphatic rings. The van der Waals surface area contributed by atoms with Gasteiger partial charge in [-0.1, -0.05) is 67.4 Å². The minimum Gasteiger partial charge on any atom is -0.394 e. The number of carbonyl (C=O) groups is 2. The van der Waals surface area contributed by atoms with Crippen LogP contribution in [0.5, 0.6) is 0 Å². The third kappa shape index (κ3) is 15.8. The van der Waals surface area contributed by atoms with E-state index in [1.54, 1.807) is 12.1 Å². The Hall–Kier alpha value is -2.90. The summed E-state index contributed by atoms with van der Waals surface area (Å²) in [5.74, 6) is -1.48. The fourth-order valence-electron chi connectivity index (χ4n) is 5.33. The van der Waals surface area contributed by atoms with Gasteiger partial charge in [0.2, 0.25) is 11.8 Å². The lowest BCUT2D eigenvalue weighted by molar-refractivity contribution is -0.387. The number of aliphatic hydroxyl groups excluding tert-OH is 8. The second-order valence-corrected chi connectivity index (χ2v) is 17.5. The van der Waals surface area contributed by atoms with Crippen molar-refractivity contribution in [2.24, 2.45) is 0 Å². The van der Waals surface area contributed by atoms with E-state index in [4.69, 9.17) is 9.47 Å². The predicted octanol–water partition coefficient (Wildman–Crippen LogP) is -1.93. The van der Waals surface area contributed by atoms with Crippen LogP contribution in [0.2, 0.25) is 0 Å². The highest BCUT2D eigenvalue weighted by molar-refractivity contribution is 8.77. The summed E-state index contributed by atoms with van der Waals surface area (Å²) in [5.41, 5.74) is -0.311. The molecule has 1 aliphatic heterocycles. The van der Waals surface area contributed by atoms with Crippen LogP contribution >= 0.6 is 43.2 Å². The van der Waals surface area contributed by atoms with Crippen LogP contribution in [0.4, 0.5) is 11.4 Å². The van der Waals surface area contributed by atoms with E-state index in [-0.39, 0.29) is 36.0 Å². The second kappa shape index (κ2) is 25.8. The monoisotopic (exact) mass is 912 g/mol. The molecule has 0 radical (unpaired) electrons. The first-order valence-corrected chi connectivity index (χ1v) is 22.4. The molecule has 1 heterocycles. The zero-order valence-corrected chi connectivity index (χ0v) is 34.6. The van der Waals surface area contributed by atoms with Gasteiger partial charge in [0.1, 0.15) is 36.6 Å². The number of benzene rings is 2. The number of ether oxygens (including phenoxy) is 2. The van der Waals surface area contributed by atoms with Crippen LogP contribution in [0.25, 0.3) is 0 Å². The Morgan fingerprint density at radius 3 is 1.81 bits per heavy atom. The van der Waals surface area contributed by atoms with Gasteiger partial charge in [0.25, 0.3) is 11.4 Å². The molecule has 11 atom stereocenters. The fraction of sp³-hybridized carbons (Fsp3) is 0.576. The van der Waals surface area contributed by atoms with Crippen molar-refractivity contribution in [3.63, 3.8) is 0 Å². The molecule has 0 aliphatic carbocycles. The minimum absolute atomic E-state index is 0.00474. The van der Waals surface area contributed by atoms with E-state index < -0.39 is 109 Å². The molecule has 12 N–H and O–H groups in total. The van der Waals surface area contributed by atoms with Crippen molar-refractivity contribution in [2.75, 3.05) is 44.4 Å². The number of nitrogens with zero attached hydrogens (tertiary/aromatic N) is 2. The summed E-state index contributed by atoms with van der Waals surface area (Å²) in [6.07, 6.45) is -12.6. The van der Waals surface area contributed by atoms with Gasteiger partial charge < -0.3 is 71.6 Å². The third-order valence-electron chi connectivity index (χ3n) is 8.45. The number of nitro benzene ring substituents is 2. The van der Waals surface area contributed by atoms with E-state index in [9.17, 15) is 70.7 Å². The Kier molecular flexibility index (Phi) is 22.0. The molecule has 3 rings (SSSR count). The van der Waals surface area contributed by atoms with Crippen molar-refractivity contribution in [3.05, 3.63) is 68.8 Å². The molecular weight excluding hydrogens is 865 g/mol. The Morgan fingerprint density at radius 1 is 0.831 bits per heavy atom. The molecule has 330 valence electrons. The molecular formula is C33H48N6O16S4. The minimum atomic E-state index is -1.81. The number of rotatable bonds is 26. The summed E-state index contributed by atoms with van der Waals surface area (Å²) in [6, 6.07) is 8.26. The number of hydrogen-bond acceptors (Lipinski definition) is 22. The van der Waals surface area contributed by atoms with Gasteiger partial charge in [0, 0.05) is 43.3 Å². The maximum atomic E-state index is 13.6. The molecule has 59 heavy (non-hydrogen) atoms. The average molecular weight is 913 g/mol. The molecule has 2 aromatic carbocycles. The lowest BCUT2D eigenvalue weighted by Crippen LogP contribution is -2.65. The Morgan fingerprint density at radius 2 is 1.34 bits per heavy atom. The number of amides is 2. The van der Waals surface area contributed by atoms with Gasteiger partial charge in [0.05, 0.1) is 51.0 Å². The number of nitro groups is 2. The van der Waals surface area contributed by atoms with Gasteiger partial charge in [-0.25, -0.2) is 0 Å². The molecule has 2 amide bonds. The van der Waals surface area contributed by atoms with Crippen molar-refractivity contribution < 1.29 is 69.8 Å². The van der Waals surface area contributed by atoms with Crippen LogP contribution < -0.4 is 21.3 Å². The summed E-state index contributed by atoms with van der Waals surface area (Å²) in [6.45, 7) is -0.768. The van der Waals surface area contributed by atoms with Crippen LogP contribution in [0.15, 0.2) is 58.3 Å². The summed E-state index contributed by atoms with van der Waals surface area (Å²) in [5, 5.41) is 115. The van der Waals surface area contributed by atoms with Gasteiger partial charge in [-0.2, -0.15) is 0 Å². The smallest absolute Gasteiger partial charge is 0.283 e. The quantitative estimate of drug-likeness (QED) is 0.0161. The largest absolute Gasteiger partial charge is 0.394 e. The van der Waals surface area contributed by atoms with Crippen LogP contribution in [0.1, 0.15) is 6.92 Å². The van der Waals surface area contributed by atoms with Crippen molar-refractivity contribution in [2.45, 2.75) is 84.0 Å². The van der Waals surface area contributed by atoms with Gasteiger partial charge >= 0.3 is 0 Å². The highest BCUT2D eigenvalue weighted by atomic mass is 33.1. The number of nitrogens with one attached hydrogen (secondary N) is 4. The van der Waals surface area contributed by atoms with Crippen LogP contribution in [0, 0.1) is 20.2 Å². The summed E-state index contributed by atoms with van der Waals surface area (Å²) >= 11 is 0. The normalized spacial score (nSPS) is 22.4. The van der Waals surface area contributed by atoms with E-state index in [1.165, 1.54) is 43.3 Å². The van der Waals surface area contributed by atoms with E-state index in [1.807, 2.05) is 0 Å². The average Bonchev–Trinajstić information content (AvgIpc) is 3.21. The first-order chi connectivity index (χ1) is 28.1. The highest BCUT2D eigenvalue weighted by Gasteiger charge is 2.45. The van der Waals surface area contributed by atoms with E-state index >= 15 is 0 Å². The number of hydrogen-bond donors (Lipinski definition) is 12. The van der Waals surface area contributed by atoms with Gasteiger partial charge in [0.15, 0.2) is 12.6 Å². The molecule has 26 heteroatoms. The molecule has 0 bridgehead atoms. The van der Waals surface area contributed by atoms with Crippen molar-refractivity contribution in [1.82, 2.24) is 21.3 Å². The van der Waals surface area contributed by atoms with Crippen LogP contribution in [-0.4, -0.2) is 174 Å². The predicted molar refractivity (Wildman–Crippen MR) is 217 cm³/mol. The lowest BCUT2D eigenvalue weighted by Gasteiger charge is -2.40. The topological polar surface area (TPSA) is 349 Å². The van der Waals surface area contributed by atoms with Gasteiger partial charge in [-0.15, -0.1) is 0 Å². The zero-order chi connectivity index (χ0) is 43.6. The third-order valence-corrected chi connectivity index (χ3v) is 13.3. The van der Waals surface area contributed by atoms with Gasteiger partial charge in [-0.05, 0) is 19.1 Å². The number of para-hydroxylation sites is 2. The maximum Gasteiger partial charge on any atom is 0.283 e. The van der Waals surface area contributed by atoms with E-state index in [0.29, 0.717) is 9.79 Å². The Labute approximate surface area is 353 Å². The summed E-state index contributed by atoms with van der Waals surface area (Å²) in [4.78, 5) is 49.5. The molecule has 4 unspecified atom stereocenters. The van der Waals surface area contributed by atoms with Crippen molar-refractivity contribution in [3.8, 4) is 0 Å². The number of carbonyl (C=O) groups excluding carboxylic acids is 2. The first-order valence-electron chi connectivity index (χ1n) is 17.8. The molecule has 22 nitrogen and oxygen atoms in total. The van der Waals surface area contributed by atoms with Crippen LogP contribution in [-0.2, 0) is 19.1 Å². The van der Waals surface area contributed by atoms with E-state index in [2.05, 4.69) is 21.3 Å². The maximum absolute atomic E-state index is 13.6. The number of aliphatic hydroxyl groups is 8. The lowest BCUT2D eigenvalue weighted by atomic mass is 9.97. The fourth-order valence-corrected chi connectivity index (χ4v) is 10.1. The summed E-state index contributed by atoms with van der Waals surface area (Å²) < 4.78 is 10.1.